The van der Waals surface area contributed by atoms with Crippen LogP contribution in [0.5, 0.6) is 11.5 Å². The van der Waals surface area contributed by atoms with Crippen molar-refractivity contribution < 1.29 is 19.4 Å². The first kappa shape index (κ1) is 13.9. The number of nitrogens with zero attached hydrogens (tertiary/aromatic N) is 1. The topological polar surface area (TPSA) is 84.4 Å². The summed E-state index contributed by atoms with van der Waals surface area (Å²) in [6, 6.07) is 3.33. The smallest absolute Gasteiger partial charge is 0.353 e. The third kappa shape index (κ3) is 2.49. The van der Waals surface area contributed by atoms with Gasteiger partial charge in [-0.2, -0.15) is 5.10 Å². The first-order chi connectivity index (χ1) is 10.1. The van der Waals surface area contributed by atoms with Gasteiger partial charge in [-0.05, 0) is 35.0 Å². The number of H-pyrrole nitrogens is 1. The molecule has 0 fully saturated rings. The highest BCUT2D eigenvalue weighted by atomic mass is 79.9. The highest BCUT2D eigenvalue weighted by Gasteiger charge is 2.21. The van der Waals surface area contributed by atoms with Crippen LogP contribution >= 0.6 is 15.9 Å². The molecule has 110 valence electrons. The first-order valence-electron chi connectivity index (χ1n) is 6.45. The summed E-state index contributed by atoms with van der Waals surface area (Å²) in [7, 11) is 0. The van der Waals surface area contributed by atoms with Crippen LogP contribution in [0, 0.1) is 6.92 Å². The molecule has 0 saturated carbocycles. The molecule has 2 N–H and O–H groups in total. The molecule has 0 aliphatic carbocycles. The number of rotatable bonds is 2. The van der Waals surface area contributed by atoms with Gasteiger partial charge in [0.1, 0.15) is 5.69 Å². The molecule has 0 radical (unpaired) electrons. The summed E-state index contributed by atoms with van der Waals surface area (Å²) in [6.45, 7) is 3.11. The van der Waals surface area contributed by atoms with Crippen LogP contribution in [-0.2, 0) is 0 Å². The minimum atomic E-state index is -1.04. The minimum absolute atomic E-state index is 0.0448. The van der Waals surface area contributed by atoms with Crippen molar-refractivity contribution in [1.82, 2.24) is 10.2 Å². The number of carbonyl (C=O) groups is 1. The van der Waals surface area contributed by atoms with E-state index in [9.17, 15) is 4.79 Å². The number of ether oxygens (including phenoxy) is 2. The lowest BCUT2D eigenvalue weighted by atomic mass is 10.0. The largest absolute Gasteiger partial charge is 0.490 e. The summed E-state index contributed by atoms with van der Waals surface area (Å²) in [5.41, 5.74) is 2.25. The van der Waals surface area contributed by atoms with Crippen LogP contribution in [0.25, 0.3) is 11.3 Å². The van der Waals surface area contributed by atoms with E-state index in [1.807, 2.05) is 13.0 Å². The lowest BCUT2D eigenvalue weighted by molar-refractivity contribution is 0.0690. The summed E-state index contributed by atoms with van der Waals surface area (Å²) >= 11 is 3.50. The number of aromatic amines is 1. The monoisotopic (exact) mass is 352 g/mol. The molecule has 1 aliphatic heterocycles. The van der Waals surface area contributed by atoms with Crippen molar-refractivity contribution in [2.45, 2.75) is 13.3 Å². The molecular weight excluding hydrogens is 340 g/mol. The average molecular weight is 353 g/mol. The standard InChI is InChI=1S/C14H13BrN2O4/c1-7-12(9-6-10(14(18)19)17-16-9)8(15)5-11-13(7)21-4-2-3-20-11/h5-6H,2-4H2,1H3,(H,16,17)(H,18,19). The van der Waals surface area contributed by atoms with Crippen LogP contribution in [0.2, 0.25) is 0 Å². The highest BCUT2D eigenvalue weighted by molar-refractivity contribution is 9.10. The zero-order valence-corrected chi connectivity index (χ0v) is 12.9. The van der Waals surface area contributed by atoms with Crippen LogP contribution in [0.3, 0.4) is 0 Å². The fourth-order valence-corrected chi connectivity index (χ4v) is 3.01. The van der Waals surface area contributed by atoms with Gasteiger partial charge in [0.15, 0.2) is 11.5 Å². The first-order valence-corrected chi connectivity index (χ1v) is 7.25. The SMILES string of the molecule is Cc1c2c(cc(Br)c1-c1cc(C(=O)O)[nH]n1)OCCCO2. The zero-order valence-electron chi connectivity index (χ0n) is 11.3. The van der Waals surface area contributed by atoms with E-state index in [-0.39, 0.29) is 5.69 Å². The van der Waals surface area contributed by atoms with Crippen molar-refractivity contribution in [2.75, 3.05) is 13.2 Å². The molecule has 0 spiro atoms. The van der Waals surface area contributed by atoms with Gasteiger partial charge in [0.2, 0.25) is 0 Å². The highest BCUT2D eigenvalue weighted by Crippen LogP contribution is 2.43. The van der Waals surface area contributed by atoms with E-state index < -0.39 is 5.97 Å². The quantitative estimate of drug-likeness (QED) is 0.867. The molecule has 1 aliphatic rings. The second kappa shape index (κ2) is 5.40. The molecule has 1 aromatic carbocycles. The Bertz CT molecular complexity index is 711. The summed E-state index contributed by atoms with van der Waals surface area (Å²) < 4.78 is 12.2. The number of nitrogens with one attached hydrogen (secondary N) is 1. The predicted octanol–water partition coefficient (Wildman–Crippen LogP) is 3.01. The maximum absolute atomic E-state index is 11.0. The Hall–Kier alpha value is -2.02. The molecule has 0 saturated heterocycles. The number of aromatic nitrogens is 2. The maximum atomic E-state index is 11.0. The number of hydrogen-bond donors (Lipinski definition) is 2. The molecule has 21 heavy (non-hydrogen) atoms. The summed E-state index contributed by atoms with van der Waals surface area (Å²) in [4.78, 5) is 11.0. The Morgan fingerprint density at radius 2 is 2.14 bits per heavy atom. The lowest BCUT2D eigenvalue weighted by Crippen LogP contribution is -1.98. The molecule has 1 aromatic heterocycles. The number of hydrogen-bond acceptors (Lipinski definition) is 4. The van der Waals surface area contributed by atoms with E-state index in [1.165, 1.54) is 6.07 Å². The van der Waals surface area contributed by atoms with Gasteiger partial charge >= 0.3 is 5.97 Å². The predicted molar refractivity (Wildman–Crippen MR) is 79.0 cm³/mol. The van der Waals surface area contributed by atoms with Crippen LogP contribution in [0.4, 0.5) is 0 Å². The summed E-state index contributed by atoms with van der Waals surface area (Å²) in [6.07, 6.45) is 0.826. The Labute approximate surface area is 129 Å². The molecule has 0 atom stereocenters. The second-order valence-corrected chi connectivity index (χ2v) is 5.56. The van der Waals surface area contributed by atoms with Gasteiger partial charge in [0, 0.05) is 22.0 Å². The van der Waals surface area contributed by atoms with Gasteiger partial charge in [-0.3, -0.25) is 5.10 Å². The van der Waals surface area contributed by atoms with Crippen molar-refractivity contribution in [2.24, 2.45) is 0 Å². The van der Waals surface area contributed by atoms with E-state index in [2.05, 4.69) is 26.1 Å². The Kier molecular flexibility index (Phi) is 3.59. The number of fused-ring (bicyclic) bond motifs is 1. The third-order valence-electron chi connectivity index (χ3n) is 3.29. The molecule has 0 unspecified atom stereocenters. The fourth-order valence-electron chi connectivity index (χ4n) is 2.31. The second-order valence-electron chi connectivity index (χ2n) is 4.71. The van der Waals surface area contributed by atoms with E-state index >= 15 is 0 Å². The van der Waals surface area contributed by atoms with E-state index in [0.717, 1.165) is 22.0 Å². The van der Waals surface area contributed by atoms with Gasteiger partial charge in [0.05, 0.1) is 18.9 Å². The van der Waals surface area contributed by atoms with E-state index in [0.29, 0.717) is 30.4 Å². The number of halogens is 1. The van der Waals surface area contributed by atoms with Gasteiger partial charge < -0.3 is 14.6 Å². The Morgan fingerprint density at radius 3 is 2.86 bits per heavy atom. The van der Waals surface area contributed by atoms with Gasteiger partial charge in [0.25, 0.3) is 0 Å². The van der Waals surface area contributed by atoms with Crippen molar-refractivity contribution >= 4 is 21.9 Å². The third-order valence-corrected chi connectivity index (χ3v) is 3.92. The van der Waals surface area contributed by atoms with Crippen molar-refractivity contribution in [3.05, 3.63) is 27.9 Å². The average Bonchev–Trinajstić information content (AvgIpc) is 2.79. The van der Waals surface area contributed by atoms with E-state index in [4.69, 9.17) is 14.6 Å². The molecule has 2 aromatic rings. The van der Waals surface area contributed by atoms with E-state index in [1.54, 1.807) is 0 Å². The van der Waals surface area contributed by atoms with Gasteiger partial charge in [-0.1, -0.05) is 0 Å². The zero-order chi connectivity index (χ0) is 15.0. The lowest BCUT2D eigenvalue weighted by Gasteiger charge is -2.14. The minimum Gasteiger partial charge on any atom is -0.490 e. The van der Waals surface area contributed by atoms with Crippen LogP contribution in [0.1, 0.15) is 22.5 Å². The Morgan fingerprint density at radius 1 is 1.38 bits per heavy atom. The molecule has 2 heterocycles. The van der Waals surface area contributed by atoms with Crippen LogP contribution in [0.15, 0.2) is 16.6 Å². The number of carboxylic acids is 1. The fraction of sp³-hybridized carbons (Fsp3) is 0.286. The number of aromatic carboxylic acids is 1. The number of carboxylic acid groups (broad SMARTS) is 1. The van der Waals surface area contributed by atoms with Crippen molar-refractivity contribution in [3.8, 4) is 22.8 Å². The molecular formula is C14H13BrN2O4. The van der Waals surface area contributed by atoms with Gasteiger partial charge in [-0.15, -0.1) is 0 Å². The van der Waals surface area contributed by atoms with Crippen molar-refractivity contribution in [1.29, 1.82) is 0 Å². The number of benzene rings is 1. The maximum Gasteiger partial charge on any atom is 0.353 e. The van der Waals surface area contributed by atoms with Crippen LogP contribution < -0.4 is 9.47 Å². The van der Waals surface area contributed by atoms with Crippen molar-refractivity contribution in [3.63, 3.8) is 0 Å². The Balaban J connectivity index is 2.13. The molecule has 7 heteroatoms. The van der Waals surface area contributed by atoms with Gasteiger partial charge in [-0.25, -0.2) is 4.79 Å². The summed E-state index contributed by atoms with van der Waals surface area (Å²) in [5, 5.41) is 15.6. The molecule has 3 rings (SSSR count). The molecule has 0 bridgehead atoms. The van der Waals surface area contributed by atoms with Crippen LogP contribution in [-0.4, -0.2) is 34.5 Å². The molecule has 6 nitrogen and oxygen atoms in total. The normalized spacial score (nSPS) is 13.8. The molecule has 0 amide bonds. The summed E-state index contributed by atoms with van der Waals surface area (Å²) in [5.74, 6) is 0.331.